The van der Waals surface area contributed by atoms with E-state index in [1.165, 1.54) is 0 Å². The van der Waals surface area contributed by atoms with Gasteiger partial charge in [-0.2, -0.15) is 0 Å². The molecule has 3 aromatic rings. The average molecular weight is 319 g/mol. The molecule has 0 saturated carbocycles. The molecule has 2 aromatic carbocycles. The smallest absolute Gasteiger partial charge is 0.228 e. The number of hydrogen-bond donors (Lipinski definition) is 0. The molecule has 4 heteroatoms. The summed E-state index contributed by atoms with van der Waals surface area (Å²) in [4.78, 5) is 4.78. The largest absolute Gasteiger partial charge is 0.497 e. The molecule has 1 atom stereocenters. The van der Waals surface area contributed by atoms with Crippen LogP contribution in [0.1, 0.15) is 23.1 Å². The molecule has 1 aromatic heterocycles. The molecule has 4 nitrogen and oxygen atoms in total. The van der Waals surface area contributed by atoms with Crippen molar-refractivity contribution in [3.8, 4) is 5.75 Å². The van der Waals surface area contributed by atoms with Gasteiger partial charge in [0, 0.05) is 35.8 Å². The molecule has 0 saturated heterocycles. The molecule has 0 radical (unpaired) electrons. The van der Waals surface area contributed by atoms with Crippen molar-refractivity contribution in [3.63, 3.8) is 0 Å². The first kappa shape index (κ1) is 14.7. The number of fused-ring (bicyclic) bond motifs is 2. The number of benzene rings is 2. The fourth-order valence-electron chi connectivity index (χ4n) is 2.88. The van der Waals surface area contributed by atoms with Crippen LogP contribution in [-0.4, -0.2) is 19.2 Å². The topological polar surface area (TPSA) is 40.6 Å². The molecular formula is C20H17NO3. The van der Waals surface area contributed by atoms with Crippen molar-refractivity contribution in [1.29, 1.82) is 0 Å². The van der Waals surface area contributed by atoms with Crippen molar-refractivity contribution in [2.24, 2.45) is 0 Å². The first-order valence-electron chi connectivity index (χ1n) is 7.74. The van der Waals surface area contributed by atoms with Crippen molar-refractivity contribution in [2.75, 3.05) is 14.2 Å². The van der Waals surface area contributed by atoms with Gasteiger partial charge in [-0.25, -0.2) is 4.98 Å². The lowest BCUT2D eigenvalue weighted by Gasteiger charge is -2.26. The van der Waals surface area contributed by atoms with Gasteiger partial charge in [-0.15, -0.1) is 0 Å². The molecule has 0 aliphatic carbocycles. The van der Waals surface area contributed by atoms with Crippen LogP contribution in [0.2, 0.25) is 0 Å². The van der Waals surface area contributed by atoms with Gasteiger partial charge in [0.25, 0.3) is 0 Å². The van der Waals surface area contributed by atoms with Gasteiger partial charge in [-0.1, -0.05) is 30.3 Å². The van der Waals surface area contributed by atoms with Crippen LogP contribution in [0.5, 0.6) is 5.75 Å². The zero-order valence-corrected chi connectivity index (χ0v) is 13.5. The summed E-state index contributed by atoms with van der Waals surface area (Å²) in [6.07, 6.45) is 1.48. The summed E-state index contributed by atoms with van der Waals surface area (Å²) in [6, 6.07) is 17.9. The van der Waals surface area contributed by atoms with E-state index in [1.54, 1.807) is 14.2 Å². The van der Waals surface area contributed by atoms with Crippen LogP contribution in [0, 0.1) is 0 Å². The lowest BCUT2D eigenvalue weighted by atomic mass is 10.0. The fraction of sp³-hybridized carbons (Fsp3) is 0.150. The molecule has 0 bridgehead atoms. The number of methoxy groups -OCH3 is 2. The second kappa shape index (κ2) is 5.98. The Morgan fingerprint density at radius 1 is 1.00 bits per heavy atom. The first-order valence-corrected chi connectivity index (χ1v) is 7.74. The van der Waals surface area contributed by atoms with E-state index >= 15 is 0 Å². The molecule has 0 spiro atoms. The highest BCUT2D eigenvalue weighted by Gasteiger charge is 2.24. The van der Waals surface area contributed by atoms with Crippen molar-refractivity contribution >= 4 is 22.7 Å². The van der Waals surface area contributed by atoms with E-state index < -0.39 is 6.29 Å². The minimum Gasteiger partial charge on any atom is -0.497 e. The van der Waals surface area contributed by atoms with Crippen LogP contribution in [0.4, 0.5) is 0 Å². The Kier molecular flexibility index (Phi) is 3.67. The molecule has 0 amide bonds. The third-order valence-electron chi connectivity index (χ3n) is 4.11. The number of rotatable bonds is 3. The average Bonchev–Trinajstić information content (AvgIpc) is 2.65. The summed E-state index contributed by atoms with van der Waals surface area (Å²) in [5.41, 5.74) is 3.66. The molecule has 2 heterocycles. The van der Waals surface area contributed by atoms with Crippen LogP contribution in [0.15, 0.2) is 54.6 Å². The standard InChI is InChI=1S/C20H17NO3/c1-22-15-9-8-14-10-16-18(21-17(14)11-15)12-19(24-20(16)23-2)13-6-4-3-5-7-13/h3-12,20H,1-2H3. The molecular weight excluding hydrogens is 302 g/mol. The lowest BCUT2D eigenvalue weighted by Crippen LogP contribution is -2.13. The maximum absolute atomic E-state index is 6.02. The Morgan fingerprint density at radius 3 is 2.58 bits per heavy atom. The highest BCUT2D eigenvalue weighted by Crippen LogP contribution is 2.36. The van der Waals surface area contributed by atoms with E-state index in [4.69, 9.17) is 19.2 Å². The lowest BCUT2D eigenvalue weighted by molar-refractivity contribution is -0.0767. The predicted molar refractivity (Wildman–Crippen MR) is 93.4 cm³/mol. The summed E-state index contributed by atoms with van der Waals surface area (Å²) in [5.74, 6) is 1.54. The molecule has 24 heavy (non-hydrogen) atoms. The van der Waals surface area contributed by atoms with E-state index in [0.717, 1.165) is 39.2 Å². The third-order valence-corrected chi connectivity index (χ3v) is 4.11. The van der Waals surface area contributed by atoms with Gasteiger partial charge >= 0.3 is 0 Å². The molecule has 1 aliphatic heterocycles. The van der Waals surface area contributed by atoms with Gasteiger partial charge in [0.2, 0.25) is 6.29 Å². The number of pyridine rings is 1. The highest BCUT2D eigenvalue weighted by molar-refractivity contribution is 5.86. The van der Waals surface area contributed by atoms with E-state index in [-0.39, 0.29) is 0 Å². The molecule has 120 valence electrons. The van der Waals surface area contributed by atoms with Crippen LogP contribution in [-0.2, 0) is 9.47 Å². The van der Waals surface area contributed by atoms with Gasteiger partial charge in [0.05, 0.1) is 18.3 Å². The predicted octanol–water partition coefficient (Wildman–Crippen LogP) is 4.42. The fourth-order valence-corrected chi connectivity index (χ4v) is 2.88. The Bertz CT molecular complexity index is 919. The quantitative estimate of drug-likeness (QED) is 0.716. The van der Waals surface area contributed by atoms with Crippen LogP contribution in [0.3, 0.4) is 0 Å². The normalized spacial score (nSPS) is 16.2. The van der Waals surface area contributed by atoms with Crippen LogP contribution >= 0.6 is 0 Å². The van der Waals surface area contributed by atoms with Gasteiger partial charge in [-0.3, -0.25) is 0 Å². The summed E-state index contributed by atoms with van der Waals surface area (Å²) in [5, 5.41) is 1.02. The third kappa shape index (κ3) is 2.51. The van der Waals surface area contributed by atoms with Crippen LogP contribution in [0.25, 0.3) is 22.7 Å². The Hall–Kier alpha value is -2.85. The molecule has 1 aliphatic rings. The Labute approximate surface area is 140 Å². The monoisotopic (exact) mass is 319 g/mol. The van der Waals surface area contributed by atoms with Crippen molar-refractivity contribution in [2.45, 2.75) is 6.29 Å². The second-order valence-electron chi connectivity index (χ2n) is 5.58. The van der Waals surface area contributed by atoms with E-state index in [1.807, 2.05) is 54.6 Å². The van der Waals surface area contributed by atoms with Crippen molar-refractivity contribution in [1.82, 2.24) is 4.98 Å². The molecule has 0 fully saturated rings. The first-order chi connectivity index (χ1) is 11.8. The maximum atomic E-state index is 6.02. The molecule has 4 rings (SSSR count). The van der Waals surface area contributed by atoms with E-state index in [9.17, 15) is 0 Å². The molecule has 1 unspecified atom stereocenters. The van der Waals surface area contributed by atoms with Crippen molar-refractivity contribution < 1.29 is 14.2 Å². The summed E-state index contributed by atoms with van der Waals surface area (Å²) < 4.78 is 16.8. The highest BCUT2D eigenvalue weighted by atomic mass is 16.7. The summed E-state index contributed by atoms with van der Waals surface area (Å²) >= 11 is 0. The van der Waals surface area contributed by atoms with Gasteiger partial charge in [0.15, 0.2) is 0 Å². The Morgan fingerprint density at radius 2 is 1.83 bits per heavy atom. The number of hydrogen-bond acceptors (Lipinski definition) is 4. The number of nitrogens with zero attached hydrogens (tertiary/aromatic N) is 1. The Balaban J connectivity index is 1.88. The summed E-state index contributed by atoms with van der Waals surface area (Å²) in [7, 11) is 3.29. The van der Waals surface area contributed by atoms with Gasteiger partial charge in [-0.05, 0) is 18.2 Å². The second-order valence-corrected chi connectivity index (χ2v) is 5.58. The van der Waals surface area contributed by atoms with E-state index in [2.05, 4.69) is 6.07 Å². The van der Waals surface area contributed by atoms with E-state index in [0.29, 0.717) is 0 Å². The number of ether oxygens (including phenoxy) is 3. The number of aromatic nitrogens is 1. The van der Waals surface area contributed by atoms with Gasteiger partial charge < -0.3 is 14.2 Å². The minimum atomic E-state index is -0.473. The van der Waals surface area contributed by atoms with Gasteiger partial charge in [0.1, 0.15) is 11.5 Å². The SMILES string of the molecule is COc1ccc2cc3c(nc2c1)C=C(c1ccccc1)OC3OC. The maximum Gasteiger partial charge on any atom is 0.228 e. The summed E-state index contributed by atoms with van der Waals surface area (Å²) in [6.45, 7) is 0. The molecule has 0 N–H and O–H groups in total. The zero-order valence-electron chi connectivity index (χ0n) is 13.5. The zero-order chi connectivity index (χ0) is 16.5. The van der Waals surface area contributed by atoms with Crippen molar-refractivity contribution in [3.05, 3.63) is 71.4 Å². The minimum absolute atomic E-state index is 0.473. The van der Waals surface area contributed by atoms with Crippen LogP contribution < -0.4 is 4.74 Å².